The summed E-state index contributed by atoms with van der Waals surface area (Å²) in [7, 11) is 0. The molecule has 0 bridgehead atoms. The predicted octanol–water partition coefficient (Wildman–Crippen LogP) is 2.35. The van der Waals surface area contributed by atoms with Gasteiger partial charge in [-0.3, -0.25) is 14.9 Å². The van der Waals surface area contributed by atoms with Crippen molar-refractivity contribution in [3.05, 3.63) is 39.4 Å². The quantitative estimate of drug-likeness (QED) is 0.644. The smallest absolute Gasteiger partial charge is 0.273 e. The van der Waals surface area contributed by atoms with Crippen LogP contribution in [0.4, 0.5) is 5.69 Å². The molecule has 0 aromatic heterocycles. The molecule has 0 aliphatic rings. The van der Waals surface area contributed by atoms with Crippen LogP contribution in [0, 0.1) is 22.5 Å². The fourth-order valence-corrected chi connectivity index (χ4v) is 2.13. The molecule has 0 aliphatic carbocycles. The lowest BCUT2D eigenvalue weighted by atomic mass is 9.92. The predicted molar refractivity (Wildman–Crippen MR) is 82.2 cm³/mol. The second-order valence-corrected chi connectivity index (χ2v) is 5.89. The Morgan fingerprint density at radius 3 is 2.52 bits per heavy atom. The van der Waals surface area contributed by atoms with E-state index < -0.39 is 4.92 Å². The van der Waals surface area contributed by atoms with E-state index in [-0.39, 0.29) is 17.0 Å². The third-order valence-electron chi connectivity index (χ3n) is 3.57. The zero-order valence-electron chi connectivity index (χ0n) is 13.0. The Labute approximate surface area is 125 Å². The van der Waals surface area contributed by atoms with Gasteiger partial charge in [-0.15, -0.1) is 0 Å². The Hall–Kier alpha value is -1.95. The van der Waals surface area contributed by atoms with E-state index in [4.69, 9.17) is 5.73 Å². The first-order valence-electron chi connectivity index (χ1n) is 6.97. The van der Waals surface area contributed by atoms with Crippen LogP contribution < -0.4 is 5.73 Å². The Morgan fingerprint density at radius 1 is 1.43 bits per heavy atom. The fourth-order valence-electron chi connectivity index (χ4n) is 2.13. The van der Waals surface area contributed by atoms with Crippen molar-refractivity contribution in [1.29, 1.82) is 0 Å². The van der Waals surface area contributed by atoms with Crippen LogP contribution in [0.25, 0.3) is 0 Å². The van der Waals surface area contributed by atoms with Crippen LogP contribution in [0.15, 0.2) is 18.2 Å². The summed E-state index contributed by atoms with van der Waals surface area (Å²) >= 11 is 0. The monoisotopic (exact) mass is 293 g/mol. The highest BCUT2D eigenvalue weighted by Crippen LogP contribution is 2.23. The summed E-state index contributed by atoms with van der Waals surface area (Å²) in [6.45, 7) is 8.98. The van der Waals surface area contributed by atoms with Gasteiger partial charge in [0.2, 0.25) is 0 Å². The van der Waals surface area contributed by atoms with E-state index in [1.54, 1.807) is 24.0 Å². The van der Waals surface area contributed by atoms with Crippen molar-refractivity contribution in [2.45, 2.75) is 27.7 Å². The van der Waals surface area contributed by atoms with E-state index >= 15 is 0 Å². The molecule has 6 nitrogen and oxygen atoms in total. The van der Waals surface area contributed by atoms with Crippen molar-refractivity contribution in [1.82, 2.24) is 4.90 Å². The highest BCUT2D eigenvalue weighted by Gasteiger charge is 2.26. The molecule has 0 unspecified atom stereocenters. The first-order chi connectivity index (χ1) is 9.73. The average Bonchev–Trinajstić information content (AvgIpc) is 2.44. The summed E-state index contributed by atoms with van der Waals surface area (Å²) in [4.78, 5) is 24.8. The molecule has 0 saturated carbocycles. The zero-order chi connectivity index (χ0) is 16.2. The summed E-state index contributed by atoms with van der Waals surface area (Å²) in [6, 6.07) is 4.58. The molecular weight excluding hydrogens is 270 g/mol. The third kappa shape index (κ3) is 4.01. The Bertz CT molecular complexity index is 541. The zero-order valence-corrected chi connectivity index (χ0v) is 13.0. The number of amides is 1. The lowest BCUT2D eigenvalue weighted by Crippen LogP contribution is -2.42. The van der Waals surface area contributed by atoms with Gasteiger partial charge in [-0.2, -0.15) is 0 Å². The molecule has 2 N–H and O–H groups in total. The van der Waals surface area contributed by atoms with Gasteiger partial charge in [-0.25, -0.2) is 0 Å². The number of carbonyl (C=O) groups excluding carboxylic acids is 1. The third-order valence-corrected chi connectivity index (χ3v) is 3.57. The minimum Gasteiger partial charge on any atom is -0.338 e. The van der Waals surface area contributed by atoms with Crippen LogP contribution in [0.3, 0.4) is 0 Å². The Morgan fingerprint density at radius 2 is 2.05 bits per heavy atom. The topological polar surface area (TPSA) is 89.5 Å². The molecule has 6 heteroatoms. The number of benzene rings is 1. The molecule has 1 rings (SSSR count). The van der Waals surface area contributed by atoms with E-state index in [2.05, 4.69) is 0 Å². The molecule has 0 radical (unpaired) electrons. The van der Waals surface area contributed by atoms with E-state index in [0.717, 1.165) is 0 Å². The molecule has 0 atom stereocenters. The van der Waals surface area contributed by atoms with Gasteiger partial charge in [-0.05, 0) is 31.9 Å². The number of hydrogen-bond donors (Lipinski definition) is 1. The van der Waals surface area contributed by atoms with Crippen molar-refractivity contribution in [2.75, 3.05) is 19.6 Å². The molecule has 0 fully saturated rings. The second-order valence-electron chi connectivity index (χ2n) is 5.89. The highest BCUT2D eigenvalue weighted by atomic mass is 16.6. The molecule has 0 heterocycles. The van der Waals surface area contributed by atoms with Gasteiger partial charge in [0.25, 0.3) is 11.6 Å². The molecule has 1 aromatic rings. The highest BCUT2D eigenvalue weighted by molar-refractivity contribution is 5.96. The van der Waals surface area contributed by atoms with Crippen LogP contribution >= 0.6 is 0 Å². The number of nitro groups is 1. The summed E-state index contributed by atoms with van der Waals surface area (Å²) in [6.07, 6.45) is 0. The lowest BCUT2D eigenvalue weighted by Gasteiger charge is -2.31. The number of hydrogen-bond acceptors (Lipinski definition) is 4. The Kier molecular flexibility index (Phi) is 5.43. The summed E-state index contributed by atoms with van der Waals surface area (Å²) in [5.41, 5.74) is 6.26. The van der Waals surface area contributed by atoms with Crippen molar-refractivity contribution < 1.29 is 9.72 Å². The second kappa shape index (κ2) is 6.67. The van der Waals surface area contributed by atoms with Gasteiger partial charge in [0.05, 0.1) is 4.92 Å². The van der Waals surface area contributed by atoms with Gasteiger partial charge in [0, 0.05) is 30.3 Å². The minimum absolute atomic E-state index is 0.0324. The molecule has 21 heavy (non-hydrogen) atoms. The van der Waals surface area contributed by atoms with E-state index in [0.29, 0.717) is 30.8 Å². The molecule has 116 valence electrons. The van der Waals surface area contributed by atoms with Crippen molar-refractivity contribution in [2.24, 2.45) is 11.1 Å². The van der Waals surface area contributed by atoms with Gasteiger partial charge >= 0.3 is 0 Å². The van der Waals surface area contributed by atoms with Crippen molar-refractivity contribution >= 4 is 11.6 Å². The molecule has 0 spiro atoms. The maximum absolute atomic E-state index is 12.6. The number of nitrogens with zero attached hydrogens (tertiary/aromatic N) is 2. The van der Waals surface area contributed by atoms with Crippen LogP contribution in [-0.2, 0) is 0 Å². The van der Waals surface area contributed by atoms with Crippen molar-refractivity contribution in [3.8, 4) is 0 Å². The first-order valence-corrected chi connectivity index (χ1v) is 6.97. The van der Waals surface area contributed by atoms with E-state index in [1.165, 1.54) is 6.07 Å². The van der Waals surface area contributed by atoms with Crippen LogP contribution in [0.5, 0.6) is 0 Å². The minimum atomic E-state index is -0.466. The van der Waals surface area contributed by atoms with Gasteiger partial charge in [0.1, 0.15) is 0 Å². The van der Waals surface area contributed by atoms with E-state index in [9.17, 15) is 14.9 Å². The summed E-state index contributed by atoms with van der Waals surface area (Å²) in [5, 5.41) is 11.0. The average molecular weight is 293 g/mol. The van der Waals surface area contributed by atoms with Crippen LogP contribution in [0.1, 0.15) is 36.7 Å². The first kappa shape index (κ1) is 17.1. The van der Waals surface area contributed by atoms with E-state index in [1.807, 2.05) is 20.8 Å². The number of nitro benzene ring substituents is 1. The normalized spacial score (nSPS) is 11.3. The SMILES string of the molecule is CCN(CC(C)(C)CN)C(=O)c1cccc([N+](=O)[O-])c1C. The summed E-state index contributed by atoms with van der Waals surface area (Å²) < 4.78 is 0. The number of nitrogens with two attached hydrogens (primary N) is 1. The standard InChI is InChI=1S/C15H23N3O3/c1-5-17(10-15(3,4)9-16)14(19)12-7-6-8-13(11(12)2)18(20)21/h6-8H,5,9-10,16H2,1-4H3. The summed E-state index contributed by atoms with van der Waals surface area (Å²) in [5.74, 6) is -0.194. The maximum atomic E-state index is 12.6. The lowest BCUT2D eigenvalue weighted by molar-refractivity contribution is -0.385. The van der Waals surface area contributed by atoms with Crippen LogP contribution in [0.2, 0.25) is 0 Å². The molecule has 0 aliphatic heterocycles. The number of rotatable bonds is 6. The number of carbonyl (C=O) groups is 1. The van der Waals surface area contributed by atoms with Crippen LogP contribution in [-0.4, -0.2) is 35.4 Å². The molecule has 1 aromatic carbocycles. The molecule has 0 saturated heterocycles. The van der Waals surface area contributed by atoms with Gasteiger partial charge in [-0.1, -0.05) is 19.9 Å². The molecular formula is C15H23N3O3. The maximum Gasteiger partial charge on any atom is 0.273 e. The largest absolute Gasteiger partial charge is 0.338 e. The fraction of sp³-hybridized carbons (Fsp3) is 0.533. The van der Waals surface area contributed by atoms with Crippen molar-refractivity contribution in [3.63, 3.8) is 0 Å². The van der Waals surface area contributed by atoms with Gasteiger partial charge in [0.15, 0.2) is 0 Å². The molecule has 1 amide bonds. The Balaban J connectivity index is 3.12. The van der Waals surface area contributed by atoms with Gasteiger partial charge < -0.3 is 10.6 Å².